The molecule has 3 rings (SSSR count). The molecule has 160 valence electrons. The third-order valence-electron chi connectivity index (χ3n) is 4.31. The molecule has 0 aliphatic rings. The molecule has 5 nitrogen and oxygen atoms in total. The van der Waals surface area contributed by atoms with Crippen molar-refractivity contribution in [3.8, 4) is 10.4 Å². The van der Waals surface area contributed by atoms with E-state index < -0.39 is 11.2 Å². The van der Waals surface area contributed by atoms with Crippen LogP contribution in [-0.2, 0) is 16.9 Å². The monoisotopic (exact) mass is 430 g/mol. The van der Waals surface area contributed by atoms with Gasteiger partial charge in [0.25, 0.3) is 0 Å². The third-order valence-corrected chi connectivity index (χ3v) is 5.34. The van der Waals surface area contributed by atoms with E-state index in [1.807, 2.05) is 30.3 Å². The molecule has 0 saturated heterocycles. The van der Waals surface area contributed by atoms with Gasteiger partial charge >= 0.3 is 0 Å². The summed E-state index contributed by atoms with van der Waals surface area (Å²) < 4.78 is 20.1. The Hall–Kier alpha value is -2.32. The van der Waals surface area contributed by atoms with Crippen molar-refractivity contribution in [2.24, 2.45) is 0 Å². The molecule has 0 saturated carbocycles. The zero-order chi connectivity index (χ0) is 21.9. The maximum atomic E-state index is 14.6. The number of nitrogens with zero attached hydrogens (tertiary/aromatic N) is 1. The Morgan fingerprint density at radius 2 is 1.83 bits per heavy atom. The average Bonchev–Trinajstić information content (AvgIpc) is 3.08. The predicted molar refractivity (Wildman–Crippen MR) is 118 cm³/mol. The highest BCUT2D eigenvalue weighted by atomic mass is 32.1. The molecule has 2 heterocycles. The van der Waals surface area contributed by atoms with Crippen LogP contribution in [0, 0.1) is 5.82 Å². The Kier molecular flexibility index (Phi) is 6.57. The number of nitrogens with one attached hydrogen (secondary N) is 1. The van der Waals surface area contributed by atoms with Crippen LogP contribution in [-0.4, -0.2) is 27.4 Å². The lowest BCUT2D eigenvalue weighted by Crippen LogP contribution is -2.25. The van der Waals surface area contributed by atoms with Crippen LogP contribution in [0.1, 0.15) is 39.0 Å². The van der Waals surface area contributed by atoms with Gasteiger partial charge in [0.05, 0.1) is 35.1 Å². The van der Waals surface area contributed by atoms with E-state index in [4.69, 9.17) is 4.74 Å². The van der Waals surface area contributed by atoms with Crippen LogP contribution in [0.25, 0.3) is 10.4 Å². The van der Waals surface area contributed by atoms with E-state index in [-0.39, 0.29) is 12.4 Å². The molecule has 0 aliphatic heterocycles. The standard InChI is InChI=1S/C23H27FN2O3S/c1-22(2,27)14-29-13-16-6-5-7-20(25-16)26-21-11-10-19(30-21)17-9-8-15(12-18(17)24)23(3,4)28/h5-12,27-28H,13-14H2,1-4H3,(H,25,26). The Morgan fingerprint density at radius 1 is 1.07 bits per heavy atom. The first-order chi connectivity index (χ1) is 14.0. The van der Waals surface area contributed by atoms with Gasteiger partial charge in [-0.2, -0.15) is 0 Å². The van der Waals surface area contributed by atoms with E-state index in [0.29, 0.717) is 23.6 Å². The second kappa shape index (κ2) is 8.81. The summed E-state index contributed by atoms with van der Waals surface area (Å²) in [7, 11) is 0. The summed E-state index contributed by atoms with van der Waals surface area (Å²) in [5.41, 5.74) is -0.207. The number of rotatable bonds is 8. The van der Waals surface area contributed by atoms with Gasteiger partial charge in [0, 0.05) is 10.4 Å². The first-order valence-electron chi connectivity index (χ1n) is 9.67. The van der Waals surface area contributed by atoms with Crippen molar-refractivity contribution in [3.05, 3.63) is 65.6 Å². The van der Waals surface area contributed by atoms with E-state index in [2.05, 4.69) is 10.3 Å². The number of thiophene rings is 1. The summed E-state index contributed by atoms with van der Waals surface area (Å²) in [5.74, 6) is 0.290. The minimum atomic E-state index is -1.09. The maximum absolute atomic E-state index is 14.6. The molecule has 0 unspecified atom stereocenters. The molecule has 3 N–H and O–H groups in total. The number of pyridine rings is 1. The molecule has 0 amide bonds. The average molecular weight is 431 g/mol. The van der Waals surface area contributed by atoms with Crippen LogP contribution in [0.15, 0.2) is 48.5 Å². The van der Waals surface area contributed by atoms with Crippen LogP contribution < -0.4 is 5.32 Å². The Balaban J connectivity index is 1.70. The van der Waals surface area contributed by atoms with Crippen LogP contribution in [0.4, 0.5) is 15.2 Å². The van der Waals surface area contributed by atoms with Crippen molar-refractivity contribution in [3.63, 3.8) is 0 Å². The molecule has 0 fully saturated rings. The van der Waals surface area contributed by atoms with Gasteiger partial charge in [-0.05, 0) is 63.6 Å². The summed E-state index contributed by atoms with van der Waals surface area (Å²) >= 11 is 1.42. The SMILES string of the molecule is CC(C)(O)COCc1cccc(Nc2ccc(-c3ccc(C(C)(C)O)cc3F)s2)n1. The van der Waals surface area contributed by atoms with E-state index in [9.17, 15) is 14.6 Å². The van der Waals surface area contributed by atoms with Crippen LogP contribution in [0.5, 0.6) is 0 Å². The highest BCUT2D eigenvalue weighted by molar-refractivity contribution is 7.19. The first kappa shape index (κ1) is 22.4. The molecular formula is C23H27FN2O3S. The molecule has 30 heavy (non-hydrogen) atoms. The van der Waals surface area contributed by atoms with E-state index in [1.54, 1.807) is 39.8 Å². The molecule has 0 aliphatic carbocycles. The maximum Gasteiger partial charge on any atom is 0.132 e. The molecule has 0 bridgehead atoms. The summed E-state index contributed by atoms with van der Waals surface area (Å²) in [5, 5.41) is 23.8. The van der Waals surface area contributed by atoms with Crippen molar-refractivity contribution in [1.82, 2.24) is 4.98 Å². The van der Waals surface area contributed by atoms with Crippen molar-refractivity contribution in [2.75, 3.05) is 11.9 Å². The number of ether oxygens (including phenoxy) is 1. The van der Waals surface area contributed by atoms with Gasteiger partial charge in [-0.15, -0.1) is 11.3 Å². The third kappa shape index (κ3) is 6.09. The normalized spacial score (nSPS) is 12.2. The summed E-state index contributed by atoms with van der Waals surface area (Å²) in [6.07, 6.45) is 0. The quantitative estimate of drug-likeness (QED) is 0.458. The van der Waals surface area contributed by atoms with Crippen LogP contribution in [0.3, 0.4) is 0 Å². The van der Waals surface area contributed by atoms with Crippen molar-refractivity contribution < 1.29 is 19.3 Å². The fraction of sp³-hybridized carbons (Fsp3) is 0.348. The Morgan fingerprint density at radius 3 is 2.50 bits per heavy atom. The van der Waals surface area contributed by atoms with Crippen molar-refractivity contribution >= 4 is 22.2 Å². The van der Waals surface area contributed by atoms with Gasteiger partial charge in [0.1, 0.15) is 11.6 Å². The van der Waals surface area contributed by atoms with Gasteiger partial charge in [-0.3, -0.25) is 0 Å². The molecule has 0 radical (unpaired) electrons. The van der Waals surface area contributed by atoms with Gasteiger partial charge in [0.15, 0.2) is 0 Å². The molecule has 1 aromatic carbocycles. The number of benzene rings is 1. The number of hydrogen-bond acceptors (Lipinski definition) is 6. The van der Waals surface area contributed by atoms with E-state index >= 15 is 0 Å². The highest BCUT2D eigenvalue weighted by Crippen LogP contribution is 2.35. The number of aliphatic hydroxyl groups is 2. The molecule has 2 aromatic heterocycles. The molecule has 0 atom stereocenters. The fourth-order valence-electron chi connectivity index (χ4n) is 2.81. The second-order valence-corrected chi connectivity index (χ2v) is 9.45. The van der Waals surface area contributed by atoms with Crippen molar-refractivity contribution in [2.45, 2.75) is 45.5 Å². The van der Waals surface area contributed by atoms with Gasteiger partial charge in [-0.25, -0.2) is 9.37 Å². The number of aromatic nitrogens is 1. The highest BCUT2D eigenvalue weighted by Gasteiger charge is 2.18. The van der Waals surface area contributed by atoms with Gasteiger partial charge in [0.2, 0.25) is 0 Å². The smallest absolute Gasteiger partial charge is 0.132 e. The van der Waals surface area contributed by atoms with Gasteiger partial charge in [-0.1, -0.05) is 18.2 Å². The minimum Gasteiger partial charge on any atom is -0.388 e. The Bertz CT molecular complexity index is 1010. The fourth-order valence-corrected chi connectivity index (χ4v) is 3.75. The Labute approximate surface area is 180 Å². The second-order valence-electron chi connectivity index (χ2n) is 8.36. The summed E-state index contributed by atoms with van der Waals surface area (Å²) in [6.45, 7) is 7.16. The molecule has 7 heteroatoms. The largest absolute Gasteiger partial charge is 0.388 e. The lowest BCUT2D eigenvalue weighted by Gasteiger charge is -2.18. The molecule has 3 aromatic rings. The minimum absolute atomic E-state index is 0.221. The van der Waals surface area contributed by atoms with Gasteiger partial charge < -0.3 is 20.3 Å². The predicted octanol–water partition coefficient (Wildman–Crippen LogP) is 5.21. The van der Waals surface area contributed by atoms with E-state index in [1.165, 1.54) is 17.4 Å². The molecule has 0 spiro atoms. The van der Waals surface area contributed by atoms with Crippen molar-refractivity contribution in [1.29, 1.82) is 0 Å². The zero-order valence-electron chi connectivity index (χ0n) is 17.6. The summed E-state index contributed by atoms with van der Waals surface area (Å²) in [4.78, 5) is 5.29. The number of hydrogen-bond donors (Lipinski definition) is 3. The number of halogens is 1. The lowest BCUT2D eigenvalue weighted by molar-refractivity contribution is -0.0276. The van der Waals surface area contributed by atoms with Crippen LogP contribution >= 0.6 is 11.3 Å². The molecular weight excluding hydrogens is 403 g/mol. The van der Waals surface area contributed by atoms with E-state index in [0.717, 1.165) is 15.6 Å². The number of anilines is 2. The van der Waals surface area contributed by atoms with Crippen LogP contribution in [0.2, 0.25) is 0 Å². The lowest BCUT2D eigenvalue weighted by atomic mass is 9.97. The zero-order valence-corrected chi connectivity index (χ0v) is 18.4. The summed E-state index contributed by atoms with van der Waals surface area (Å²) in [6, 6.07) is 14.1. The first-order valence-corrected chi connectivity index (χ1v) is 10.5. The topological polar surface area (TPSA) is 74.6 Å².